The van der Waals surface area contributed by atoms with Gasteiger partial charge in [0.1, 0.15) is 17.1 Å². The molecule has 2 N–H and O–H groups in total. The number of rotatable bonds is 10. The van der Waals surface area contributed by atoms with Crippen molar-refractivity contribution < 1.29 is 9.21 Å². The highest BCUT2D eigenvalue weighted by Gasteiger charge is 2.33. The minimum absolute atomic E-state index is 0.0232. The number of hydrogen-bond acceptors (Lipinski definition) is 5. The van der Waals surface area contributed by atoms with Crippen LogP contribution < -0.4 is 11.3 Å². The number of hydrogen-bond donors (Lipinski definition) is 1. The van der Waals surface area contributed by atoms with E-state index in [1.165, 1.54) is 0 Å². The maximum Gasteiger partial charge on any atom is 0.284 e. The Bertz CT molecular complexity index is 1410. The van der Waals surface area contributed by atoms with Crippen LogP contribution in [0, 0.1) is 19.8 Å². The predicted octanol–water partition coefficient (Wildman–Crippen LogP) is 5.36. The zero-order valence-electron chi connectivity index (χ0n) is 22.6. The highest BCUT2D eigenvalue weighted by molar-refractivity contribution is 5.94. The molecule has 0 radical (unpaired) electrons. The third-order valence-corrected chi connectivity index (χ3v) is 6.82. The SMILES string of the molecule is Cc1ccc(C(=O)N(CCCN)C(c2nc(=O)c(-c3ccco3)c(C)n2Cc2ccccc2)C(C)C)cc1. The number of aryl methyl sites for hydroxylation is 1. The molecule has 0 saturated heterocycles. The van der Waals surface area contributed by atoms with Crippen molar-refractivity contribution in [3.63, 3.8) is 0 Å². The normalized spacial score (nSPS) is 12.1. The van der Waals surface area contributed by atoms with Gasteiger partial charge in [-0.2, -0.15) is 4.98 Å². The van der Waals surface area contributed by atoms with Gasteiger partial charge in [-0.15, -0.1) is 0 Å². The van der Waals surface area contributed by atoms with Crippen molar-refractivity contribution in [3.05, 3.63) is 112 Å². The van der Waals surface area contributed by atoms with Crippen LogP contribution in [0.25, 0.3) is 11.3 Å². The number of nitrogens with two attached hydrogens (primary N) is 1. The predicted molar refractivity (Wildman–Crippen MR) is 150 cm³/mol. The van der Waals surface area contributed by atoms with E-state index in [1.807, 2.05) is 73.3 Å². The van der Waals surface area contributed by atoms with Crippen molar-refractivity contribution in [1.82, 2.24) is 14.5 Å². The molecule has 0 fully saturated rings. The number of amides is 1. The summed E-state index contributed by atoms with van der Waals surface area (Å²) >= 11 is 0. The minimum atomic E-state index is -0.448. The topological polar surface area (TPSA) is 94.4 Å². The molecule has 1 atom stereocenters. The third kappa shape index (κ3) is 5.78. The summed E-state index contributed by atoms with van der Waals surface area (Å²) in [6.45, 7) is 9.41. The Morgan fingerprint density at radius 2 is 1.74 bits per heavy atom. The lowest BCUT2D eigenvalue weighted by molar-refractivity contribution is 0.0602. The van der Waals surface area contributed by atoms with E-state index < -0.39 is 6.04 Å². The van der Waals surface area contributed by atoms with E-state index in [9.17, 15) is 9.59 Å². The number of carbonyl (C=O) groups is 1. The summed E-state index contributed by atoms with van der Waals surface area (Å²) < 4.78 is 7.66. The first-order chi connectivity index (χ1) is 18.3. The Morgan fingerprint density at radius 3 is 2.34 bits per heavy atom. The summed E-state index contributed by atoms with van der Waals surface area (Å²) in [6.07, 6.45) is 2.18. The summed E-state index contributed by atoms with van der Waals surface area (Å²) in [5.74, 6) is 0.903. The molecule has 1 unspecified atom stereocenters. The Hall–Kier alpha value is -3.97. The summed E-state index contributed by atoms with van der Waals surface area (Å²) in [5, 5.41) is 0. The number of carbonyl (C=O) groups excluding carboxylic acids is 1. The Morgan fingerprint density at radius 1 is 1.03 bits per heavy atom. The molecule has 4 rings (SSSR count). The fourth-order valence-electron chi connectivity index (χ4n) is 4.87. The molecule has 0 spiro atoms. The number of furan rings is 1. The highest BCUT2D eigenvalue weighted by atomic mass is 16.3. The molecule has 2 aromatic carbocycles. The lowest BCUT2D eigenvalue weighted by atomic mass is 9.98. The zero-order chi connectivity index (χ0) is 27.2. The summed E-state index contributed by atoms with van der Waals surface area (Å²) in [6, 6.07) is 20.7. The highest BCUT2D eigenvalue weighted by Crippen LogP contribution is 2.32. The summed E-state index contributed by atoms with van der Waals surface area (Å²) in [5.41, 5.74) is 9.42. The molecular weight excluding hydrogens is 476 g/mol. The van der Waals surface area contributed by atoms with Gasteiger partial charge in [-0.25, -0.2) is 0 Å². The average molecular weight is 513 g/mol. The van der Waals surface area contributed by atoms with Crippen molar-refractivity contribution in [3.8, 4) is 11.3 Å². The molecule has 0 bridgehead atoms. The smallest absolute Gasteiger partial charge is 0.284 e. The Labute approximate surface area is 223 Å². The van der Waals surface area contributed by atoms with Gasteiger partial charge in [0, 0.05) is 24.3 Å². The fourth-order valence-corrected chi connectivity index (χ4v) is 4.87. The Kier molecular flexibility index (Phi) is 8.59. The molecule has 0 saturated carbocycles. The van der Waals surface area contributed by atoms with Crippen LogP contribution >= 0.6 is 0 Å². The molecule has 38 heavy (non-hydrogen) atoms. The average Bonchev–Trinajstić information content (AvgIpc) is 3.43. The van der Waals surface area contributed by atoms with Gasteiger partial charge in [-0.3, -0.25) is 9.59 Å². The third-order valence-electron chi connectivity index (χ3n) is 6.82. The molecule has 0 aliphatic carbocycles. The molecule has 198 valence electrons. The molecule has 1 amide bonds. The van der Waals surface area contributed by atoms with Crippen molar-refractivity contribution in [1.29, 1.82) is 0 Å². The second kappa shape index (κ2) is 12.0. The quantitative estimate of drug-likeness (QED) is 0.309. The maximum atomic E-state index is 13.9. The van der Waals surface area contributed by atoms with Crippen LogP contribution in [0.4, 0.5) is 0 Å². The van der Waals surface area contributed by atoms with Gasteiger partial charge in [-0.05, 0) is 62.6 Å². The lowest BCUT2D eigenvalue weighted by Gasteiger charge is -2.36. The van der Waals surface area contributed by atoms with Crippen molar-refractivity contribution in [2.45, 2.75) is 46.7 Å². The molecule has 0 aliphatic rings. The van der Waals surface area contributed by atoms with E-state index in [0.717, 1.165) is 16.8 Å². The second-order valence-corrected chi connectivity index (χ2v) is 9.98. The van der Waals surface area contributed by atoms with E-state index in [4.69, 9.17) is 10.2 Å². The van der Waals surface area contributed by atoms with Gasteiger partial charge < -0.3 is 19.6 Å². The van der Waals surface area contributed by atoms with Gasteiger partial charge >= 0.3 is 0 Å². The minimum Gasteiger partial charge on any atom is -0.464 e. The zero-order valence-corrected chi connectivity index (χ0v) is 22.6. The van der Waals surface area contributed by atoms with E-state index in [0.29, 0.717) is 48.8 Å². The van der Waals surface area contributed by atoms with Crippen molar-refractivity contribution in [2.24, 2.45) is 11.7 Å². The van der Waals surface area contributed by atoms with Crippen LogP contribution in [0.15, 0.2) is 82.2 Å². The van der Waals surface area contributed by atoms with Gasteiger partial charge in [0.2, 0.25) is 0 Å². The molecule has 0 aliphatic heterocycles. The maximum absolute atomic E-state index is 13.9. The van der Waals surface area contributed by atoms with Crippen LogP contribution in [-0.4, -0.2) is 33.4 Å². The monoisotopic (exact) mass is 512 g/mol. The molecular formula is C31H36N4O3. The van der Waals surface area contributed by atoms with Gasteiger partial charge in [0.05, 0.1) is 12.3 Å². The van der Waals surface area contributed by atoms with Crippen molar-refractivity contribution in [2.75, 3.05) is 13.1 Å². The van der Waals surface area contributed by atoms with Crippen LogP contribution in [0.1, 0.15) is 59.3 Å². The van der Waals surface area contributed by atoms with E-state index >= 15 is 0 Å². The second-order valence-electron chi connectivity index (χ2n) is 9.98. The fraction of sp³-hybridized carbons (Fsp3) is 0.323. The van der Waals surface area contributed by atoms with Crippen LogP contribution in [0.2, 0.25) is 0 Å². The number of benzene rings is 2. The van der Waals surface area contributed by atoms with E-state index in [-0.39, 0.29) is 17.4 Å². The van der Waals surface area contributed by atoms with E-state index in [1.54, 1.807) is 18.4 Å². The van der Waals surface area contributed by atoms with Gasteiger partial charge in [-0.1, -0.05) is 61.9 Å². The summed E-state index contributed by atoms with van der Waals surface area (Å²) in [7, 11) is 0. The first-order valence-corrected chi connectivity index (χ1v) is 13.1. The Balaban J connectivity index is 1.91. The van der Waals surface area contributed by atoms with Crippen molar-refractivity contribution >= 4 is 5.91 Å². The summed E-state index contributed by atoms with van der Waals surface area (Å²) in [4.78, 5) is 33.9. The van der Waals surface area contributed by atoms with Gasteiger partial charge in [0.15, 0.2) is 0 Å². The molecule has 2 heterocycles. The molecule has 2 aromatic heterocycles. The van der Waals surface area contributed by atoms with E-state index in [2.05, 4.69) is 23.4 Å². The molecule has 7 heteroatoms. The molecule has 4 aromatic rings. The number of nitrogens with zero attached hydrogens (tertiary/aromatic N) is 3. The first kappa shape index (κ1) is 27.1. The molecule has 7 nitrogen and oxygen atoms in total. The lowest BCUT2D eigenvalue weighted by Crippen LogP contribution is -2.42. The van der Waals surface area contributed by atoms with Gasteiger partial charge in [0.25, 0.3) is 11.5 Å². The standard InChI is InChI=1S/C31H36N4O3/c1-21(2)28(34(18-9-17-32)31(37)25-15-13-22(3)14-16-25)29-33-30(36)27(26-12-8-19-38-26)23(4)35(29)20-24-10-6-5-7-11-24/h5-8,10-16,19,21,28H,9,17-18,20,32H2,1-4H3. The largest absolute Gasteiger partial charge is 0.464 e. The van der Waals surface area contributed by atoms with Crippen LogP contribution in [-0.2, 0) is 6.54 Å². The van der Waals surface area contributed by atoms with Crippen LogP contribution in [0.5, 0.6) is 0 Å². The number of aromatic nitrogens is 2. The van der Waals surface area contributed by atoms with Crippen LogP contribution in [0.3, 0.4) is 0 Å². The first-order valence-electron chi connectivity index (χ1n) is 13.1.